The first-order valence-corrected chi connectivity index (χ1v) is 9.32. The number of rotatable bonds is 5. The fourth-order valence-corrected chi connectivity index (χ4v) is 4.03. The molecular weight excluding hydrogens is 304 g/mol. The van der Waals surface area contributed by atoms with Gasteiger partial charge in [0.2, 0.25) is 0 Å². The Kier molecular flexibility index (Phi) is 5.56. The summed E-state index contributed by atoms with van der Waals surface area (Å²) >= 11 is 0. The van der Waals surface area contributed by atoms with Crippen LogP contribution in [0.3, 0.4) is 0 Å². The highest BCUT2D eigenvalue weighted by Crippen LogP contribution is 2.30. The van der Waals surface area contributed by atoms with Crippen LogP contribution in [-0.4, -0.2) is 58.1 Å². The molecule has 0 aliphatic carbocycles. The van der Waals surface area contributed by atoms with Gasteiger partial charge in [0.15, 0.2) is 0 Å². The minimum atomic E-state index is -0.504. The fourth-order valence-electron chi connectivity index (χ4n) is 4.03. The highest BCUT2D eigenvalue weighted by molar-refractivity contribution is 5.51. The van der Waals surface area contributed by atoms with Crippen molar-refractivity contribution < 1.29 is 10.2 Å². The van der Waals surface area contributed by atoms with E-state index in [4.69, 9.17) is 0 Å². The van der Waals surface area contributed by atoms with Crippen LogP contribution < -0.4 is 9.80 Å². The second kappa shape index (κ2) is 7.66. The first kappa shape index (κ1) is 17.4. The van der Waals surface area contributed by atoms with Gasteiger partial charge in [0, 0.05) is 25.7 Å². The number of aliphatic hydroxyl groups is 2. The zero-order chi connectivity index (χ0) is 17.0. The largest absolute Gasteiger partial charge is 0.394 e. The summed E-state index contributed by atoms with van der Waals surface area (Å²) < 4.78 is 0. The van der Waals surface area contributed by atoms with E-state index < -0.39 is 5.60 Å². The third-order valence-corrected chi connectivity index (χ3v) is 5.50. The molecule has 24 heavy (non-hydrogen) atoms. The normalized spacial score (nSPS) is 24.2. The Morgan fingerprint density at radius 3 is 2.62 bits per heavy atom. The Hall–Kier alpha value is -1.40. The van der Waals surface area contributed by atoms with E-state index in [-0.39, 0.29) is 12.6 Å². The molecule has 0 spiro atoms. The third kappa shape index (κ3) is 3.81. The van der Waals surface area contributed by atoms with Crippen LogP contribution in [-0.2, 0) is 0 Å². The van der Waals surface area contributed by atoms with Gasteiger partial charge in [0.1, 0.15) is 18.0 Å². The van der Waals surface area contributed by atoms with Crippen molar-refractivity contribution in [3.63, 3.8) is 0 Å². The summed E-state index contributed by atoms with van der Waals surface area (Å²) in [6.07, 6.45) is 8.44. The van der Waals surface area contributed by atoms with Crippen molar-refractivity contribution in [1.82, 2.24) is 9.97 Å². The van der Waals surface area contributed by atoms with Crippen LogP contribution in [0.1, 0.15) is 51.9 Å². The van der Waals surface area contributed by atoms with Crippen molar-refractivity contribution in [2.45, 2.75) is 63.5 Å². The molecule has 6 nitrogen and oxygen atoms in total. The predicted molar refractivity (Wildman–Crippen MR) is 95.4 cm³/mol. The van der Waals surface area contributed by atoms with E-state index in [1.54, 1.807) is 6.33 Å². The van der Waals surface area contributed by atoms with Crippen molar-refractivity contribution in [1.29, 1.82) is 0 Å². The number of hydrogen-bond acceptors (Lipinski definition) is 6. The zero-order valence-corrected chi connectivity index (χ0v) is 14.7. The number of hydrogen-bond donors (Lipinski definition) is 2. The van der Waals surface area contributed by atoms with Gasteiger partial charge in [-0.15, -0.1) is 0 Å². The van der Waals surface area contributed by atoms with E-state index in [2.05, 4.69) is 26.7 Å². The number of nitrogens with zero attached hydrogens (tertiary/aromatic N) is 4. The standard InChI is InChI=1S/C18H30N4O2/c1-2-6-18(24)7-10-21(11-8-18)16-12-17(20-14-19-16)22-9-4-3-5-15(22)13-23/h12,14-15,23-24H,2-11,13H2,1H3. The van der Waals surface area contributed by atoms with Crippen LogP contribution in [0.5, 0.6) is 0 Å². The Morgan fingerprint density at radius 2 is 1.92 bits per heavy atom. The molecule has 0 amide bonds. The molecule has 3 rings (SSSR count). The Morgan fingerprint density at radius 1 is 1.17 bits per heavy atom. The van der Waals surface area contributed by atoms with Crippen molar-refractivity contribution in [3.8, 4) is 0 Å². The van der Waals surface area contributed by atoms with E-state index >= 15 is 0 Å². The summed E-state index contributed by atoms with van der Waals surface area (Å²) in [4.78, 5) is 13.3. The number of piperidine rings is 2. The summed E-state index contributed by atoms with van der Waals surface area (Å²) in [5.74, 6) is 1.84. The monoisotopic (exact) mass is 334 g/mol. The Balaban J connectivity index is 1.70. The van der Waals surface area contributed by atoms with Gasteiger partial charge in [-0.1, -0.05) is 13.3 Å². The molecule has 134 valence electrons. The summed E-state index contributed by atoms with van der Waals surface area (Å²) in [5.41, 5.74) is -0.504. The molecule has 2 fully saturated rings. The molecule has 0 aromatic carbocycles. The van der Waals surface area contributed by atoms with E-state index in [0.29, 0.717) is 0 Å². The second-order valence-electron chi connectivity index (χ2n) is 7.22. The molecule has 1 aromatic heterocycles. The smallest absolute Gasteiger partial charge is 0.134 e. The molecule has 2 saturated heterocycles. The van der Waals surface area contributed by atoms with Gasteiger partial charge in [-0.25, -0.2) is 9.97 Å². The number of aliphatic hydroxyl groups excluding tert-OH is 1. The van der Waals surface area contributed by atoms with Gasteiger partial charge in [0.05, 0.1) is 18.2 Å². The lowest BCUT2D eigenvalue weighted by atomic mass is 9.87. The molecule has 1 aromatic rings. The molecular formula is C18H30N4O2. The van der Waals surface area contributed by atoms with Gasteiger partial charge in [-0.3, -0.25) is 0 Å². The molecule has 1 unspecified atom stereocenters. The first-order valence-electron chi connectivity index (χ1n) is 9.32. The molecule has 2 aliphatic rings. The molecule has 3 heterocycles. The third-order valence-electron chi connectivity index (χ3n) is 5.50. The molecule has 2 N–H and O–H groups in total. The maximum absolute atomic E-state index is 10.6. The van der Waals surface area contributed by atoms with Crippen molar-refractivity contribution >= 4 is 11.6 Å². The van der Waals surface area contributed by atoms with E-state index in [0.717, 1.165) is 69.8 Å². The Labute approximate surface area is 144 Å². The molecule has 0 bridgehead atoms. The summed E-state index contributed by atoms with van der Waals surface area (Å²) in [7, 11) is 0. The topological polar surface area (TPSA) is 72.7 Å². The lowest BCUT2D eigenvalue weighted by Crippen LogP contribution is -2.45. The highest BCUT2D eigenvalue weighted by atomic mass is 16.3. The molecule has 0 saturated carbocycles. The van der Waals surface area contributed by atoms with Crippen LogP contribution in [0.4, 0.5) is 11.6 Å². The van der Waals surface area contributed by atoms with Gasteiger partial charge in [-0.05, 0) is 38.5 Å². The molecule has 6 heteroatoms. The van der Waals surface area contributed by atoms with Crippen LogP contribution in [0.15, 0.2) is 12.4 Å². The maximum Gasteiger partial charge on any atom is 0.134 e. The fraction of sp³-hybridized carbons (Fsp3) is 0.778. The average Bonchev–Trinajstić information content (AvgIpc) is 2.62. The van der Waals surface area contributed by atoms with Gasteiger partial charge in [0.25, 0.3) is 0 Å². The van der Waals surface area contributed by atoms with Crippen molar-refractivity contribution in [2.75, 3.05) is 36.0 Å². The van der Waals surface area contributed by atoms with Crippen LogP contribution in [0.25, 0.3) is 0 Å². The lowest BCUT2D eigenvalue weighted by Gasteiger charge is -2.39. The van der Waals surface area contributed by atoms with E-state index in [1.165, 1.54) is 6.42 Å². The van der Waals surface area contributed by atoms with E-state index in [1.807, 2.05) is 6.07 Å². The summed E-state index contributed by atoms with van der Waals surface area (Å²) in [6, 6.07) is 2.20. The first-order chi connectivity index (χ1) is 11.6. The van der Waals surface area contributed by atoms with Gasteiger partial charge < -0.3 is 20.0 Å². The molecule has 2 aliphatic heterocycles. The summed E-state index contributed by atoms with van der Waals surface area (Å²) in [6.45, 7) is 4.90. The van der Waals surface area contributed by atoms with Crippen molar-refractivity contribution in [2.24, 2.45) is 0 Å². The average molecular weight is 334 g/mol. The van der Waals surface area contributed by atoms with Gasteiger partial charge in [-0.2, -0.15) is 0 Å². The molecule has 1 atom stereocenters. The van der Waals surface area contributed by atoms with Gasteiger partial charge >= 0.3 is 0 Å². The second-order valence-corrected chi connectivity index (χ2v) is 7.22. The number of anilines is 2. The minimum Gasteiger partial charge on any atom is -0.394 e. The van der Waals surface area contributed by atoms with Crippen LogP contribution in [0, 0.1) is 0 Å². The minimum absolute atomic E-state index is 0.164. The predicted octanol–water partition coefficient (Wildman–Crippen LogP) is 1.96. The van der Waals surface area contributed by atoms with Crippen molar-refractivity contribution in [3.05, 3.63) is 12.4 Å². The van der Waals surface area contributed by atoms with Crippen LogP contribution in [0.2, 0.25) is 0 Å². The highest BCUT2D eigenvalue weighted by Gasteiger charge is 2.32. The quantitative estimate of drug-likeness (QED) is 0.858. The summed E-state index contributed by atoms with van der Waals surface area (Å²) in [5, 5.41) is 20.2. The lowest BCUT2D eigenvalue weighted by molar-refractivity contribution is 0.00729. The van der Waals surface area contributed by atoms with E-state index in [9.17, 15) is 10.2 Å². The molecule has 0 radical (unpaired) electrons. The zero-order valence-electron chi connectivity index (χ0n) is 14.7. The Bertz CT molecular complexity index is 532. The SMILES string of the molecule is CCCC1(O)CCN(c2cc(N3CCCCC3CO)ncn2)CC1. The van der Waals surface area contributed by atoms with Crippen LogP contribution >= 0.6 is 0 Å². The maximum atomic E-state index is 10.6. The number of aromatic nitrogens is 2.